The first-order valence-electron chi connectivity index (χ1n) is 9.00. The molecule has 2 aromatic heterocycles. The van der Waals surface area contributed by atoms with Crippen molar-refractivity contribution >= 4 is 29.8 Å². The molecule has 28 heavy (non-hydrogen) atoms. The number of benzene rings is 1. The number of anilines is 1. The highest BCUT2D eigenvalue weighted by molar-refractivity contribution is 7.71. The molecule has 4 rings (SSSR count). The molecule has 0 bridgehead atoms. The SMILES string of the molecule is COc1ccc(Cl)cc1-c1nc(=S)n(C[NH+]2CCN(c3ncccn3)CC2)[nH]1. The Morgan fingerprint density at radius 2 is 2.00 bits per heavy atom. The van der Waals surface area contributed by atoms with Crippen LogP contribution in [0, 0.1) is 4.77 Å². The Kier molecular flexibility index (Phi) is 5.56. The number of hydrogen-bond donors (Lipinski definition) is 2. The van der Waals surface area contributed by atoms with E-state index in [4.69, 9.17) is 28.6 Å². The average Bonchev–Trinajstić information content (AvgIpc) is 3.09. The summed E-state index contributed by atoms with van der Waals surface area (Å²) in [4.78, 5) is 16.8. The Morgan fingerprint density at radius 3 is 2.71 bits per heavy atom. The smallest absolute Gasteiger partial charge is 0.225 e. The predicted molar refractivity (Wildman–Crippen MR) is 109 cm³/mol. The summed E-state index contributed by atoms with van der Waals surface area (Å²) in [6, 6.07) is 7.26. The van der Waals surface area contributed by atoms with Gasteiger partial charge in [0.25, 0.3) is 0 Å². The van der Waals surface area contributed by atoms with Gasteiger partial charge in [0.15, 0.2) is 12.5 Å². The fraction of sp³-hybridized carbons (Fsp3) is 0.333. The number of ether oxygens (including phenoxy) is 1. The molecule has 146 valence electrons. The van der Waals surface area contributed by atoms with Gasteiger partial charge in [-0.05, 0) is 36.5 Å². The topological polar surface area (TPSA) is 76.3 Å². The van der Waals surface area contributed by atoms with E-state index in [1.54, 1.807) is 25.6 Å². The van der Waals surface area contributed by atoms with Gasteiger partial charge in [-0.1, -0.05) is 11.6 Å². The highest BCUT2D eigenvalue weighted by Crippen LogP contribution is 2.30. The molecule has 8 nitrogen and oxygen atoms in total. The minimum Gasteiger partial charge on any atom is -0.496 e. The maximum absolute atomic E-state index is 6.14. The summed E-state index contributed by atoms with van der Waals surface area (Å²) >= 11 is 11.6. The van der Waals surface area contributed by atoms with E-state index in [2.05, 4.69) is 25.0 Å². The predicted octanol–water partition coefficient (Wildman–Crippen LogP) is 1.42. The molecule has 0 atom stereocenters. The summed E-state index contributed by atoms with van der Waals surface area (Å²) in [5, 5.41) is 3.91. The van der Waals surface area contributed by atoms with E-state index in [0.717, 1.165) is 44.4 Å². The summed E-state index contributed by atoms with van der Waals surface area (Å²) in [5.74, 6) is 2.14. The third-order valence-corrected chi connectivity index (χ3v) is 5.33. The highest BCUT2D eigenvalue weighted by atomic mass is 35.5. The number of H-pyrrole nitrogens is 1. The van der Waals surface area contributed by atoms with Crippen molar-refractivity contribution in [2.45, 2.75) is 6.67 Å². The molecule has 0 saturated carbocycles. The first-order valence-corrected chi connectivity index (χ1v) is 9.79. The quantitative estimate of drug-likeness (QED) is 0.610. The highest BCUT2D eigenvalue weighted by Gasteiger charge is 2.22. The lowest BCUT2D eigenvalue weighted by atomic mass is 10.2. The lowest BCUT2D eigenvalue weighted by Crippen LogP contribution is -3.14. The number of quaternary nitrogens is 1. The molecule has 0 radical (unpaired) electrons. The molecule has 0 unspecified atom stereocenters. The minimum atomic E-state index is 0.512. The van der Waals surface area contributed by atoms with Gasteiger partial charge in [-0.2, -0.15) is 4.98 Å². The van der Waals surface area contributed by atoms with Crippen molar-refractivity contribution < 1.29 is 9.64 Å². The van der Waals surface area contributed by atoms with Crippen LogP contribution < -0.4 is 14.5 Å². The van der Waals surface area contributed by atoms with Gasteiger partial charge in [-0.25, -0.2) is 14.6 Å². The maximum atomic E-state index is 6.14. The van der Waals surface area contributed by atoms with Gasteiger partial charge >= 0.3 is 0 Å². The van der Waals surface area contributed by atoms with Crippen molar-refractivity contribution in [1.29, 1.82) is 0 Å². The number of halogens is 1. The van der Waals surface area contributed by atoms with Crippen LogP contribution in [-0.2, 0) is 6.67 Å². The molecule has 2 N–H and O–H groups in total. The number of rotatable bonds is 5. The Bertz CT molecular complexity index is 999. The molecule has 1 saturated heterocycles. The van der Waals surface area contributed by atoms with E-state index >= 15 is 0 Å². The maximum Gasteiger partial charge on any atom is 0.225 e. The van der Waals surface area contributed by atoms with Gasteiger partial charge in [0.1, 0.15) is 5.75 Å². The zero-order chi connectivity index (χ0) is 19.5. The van der Waals surface area contributed by atoms with E-state index in [1.807, 2.05) is 22.9 Å². The molecule has 0 aliphatic carbocycles. The van der Waals surface area contributed by atoms with Crippen LogP contribution >= 0.6 is 23.8 Å². The van der Waals surface area contributed by atoms with Crippen LogP contribution in [0.15, 0.2) is 36.7 Å². The van der Waals surface area contributed by atoms with Gasteiger partial charge < -0.3 is 14.5 Å². The number of piperazine rings is 1. The molecular weight excluding hydrogens is 398 g/mol. The third kappa shape index (κ3) is 4.01. The first kappa shape index (κ1) is 18.9. The molecule has 0 spiro atoms. The first-order chi connectivity index (χ1) is 13.6. The Morgan fingerprint density at radius 1 is 1.25 bits per heavy atom. The largest absolute Gasteiger partial charge is 0.496 e. The van der Waals surface area contributed by atoms with Gasteiger partial charge in [0.2, 0.25) is 10.7 Å². The minimum absolute atomic E-state index is 0.512. The van der Waals surface area contributed by atoms with Crippen LogP contribution in [0.25, 0.3) is 11.4 Å². The summed E-state index contributed by atoms with van der Waals surface area (Å²) in [6.45, 7) is 4.45. The Hall–Kier alpha value is -2.49. The van der Waals surface area contributed by atoms with Crippen LogP contribution in [0.5, 0.6) is 5.75 Å². The van der Waals surface area contributed by atoms with Crippen LogP contribution in [0.1, 0.15) is 0 Å². The molecule has 1 aromatic carbocycles. The number of nitrogens with zero attached hydrogens (tertiary/aromatic N) is 5. The summed E-state index contributed by atoms with van der Waals surface area (Å²) < 4.78 is 7.83. The van der Waals surface area contributed by atoms with Gasteiger partial charge in [-0.15, -0.1) is 0 Å². The number of hydrogen-bond acceptors (Lipinski definition) is 6. The number of nitrogens with one attached hydrogen (secondary N) is 2. The second-order valence-corrected chi connectivity index (χ2v) is 7.37. The second kappa shape index (κ2) is 8.26. The molecule has 1 fully saturated rings. The standard InChI is InChI=1S/C18H20ClN7OS/c1-27-15-4-3-13(19)11-14(15)16-22-18(28)26(23-16)12-24-7-9-25(10-8-24)17-20-5-2-6-21-17/h2-6,11H,7-10,12H2,1H3,(H,22,23,28)/p+1. The summed E-state index contributed by atoms with van der Waals surface area (Å²) in [6.07, 6.45) is 3.55. The zero-order valence-electron chi connectivity index (χ0n) is 15.4. The van der Waals surface area contributed by atoms with Gasteiger partial charge in [0.05, 0.1) is 38.9 Å². The van der Waals surface area contributed by atoms with E-state index in [9.17, 15) is 0 Å². The second-order valence-electron chi connectivity index (χ2n) is 6.57. The van der Waals surface area contributed by atoms with Crippen LogP contribution in [0.4, 0.5) is 5.95 Å². The van der Waals surface area contributed by atoms with Crippen LogP contribution in [0.2, 0.25) is 5.02 Å². The fourth-order valence-corrected chi connectivity index (χ4v) is 3.68. The van der Waals surface area contributed by atoms with Crippen LogP contribution in [-0.4, -0.2) is 58.0 Å². The van der Waals surface area contributed by atoms with E-state index in [0.29, 0.717) is 21.4 Å². The van der Waals surface area contributed by atoms with Crippen molar-refractivity contribution in [1.82, 2.24) is 24.7 Å². The Labute approximate surface area is 172 Å². The molecule has 3 aromatic rings. The van der Waals surface area contributed by atoms with E-state index < -0.39 is 0 Å². The monoisotopic (exact) mass is 418 g/mol. The van der Waals surface area contributed by atoms with E-state index in [1.165, 1.54) is 4.90 Å². The fourth-order valence-electron chi connectivity index (χ4n) is 3.31. The van der Waals surface area contributed by atoms with Crippen LogP contribution in [0.3, 0.4) is 0 Å². The molecule has 1 aliphatic rings. The Balaban J connectivity index is 1.46. The van der Waals surface area contributed by atoms with E-state index in [-0.39, 0.29) is 0 Å². The number of methoxy groups -OCH3 is 1. The number of aromatic nitrogens is 5. The average molecular weight is 419 g/mol. The third-order valence-electron chi connectivity index (χ3n) is 4.78. The molecule has 1 aliphatic heterocycles. The summed E-state index contributed by atoms with van der Waals surface area (Å²) in [5.41, 5.74) is 0.792. The molecule has 3 heterocycles. The van der Waals surface area contributed by atoms with Crippen molar-refractivity contribution in [3.8, 4) is 17.1 Å². The van der Waals surface area contributed by atoms with Gasteiger partial charge in [-0.3, -0.25) is 5.10 Å². The van der Waals surface area contributed by atoms with Crippen molar-refractivity contribution in [3.63, 3.8) is 0 Å². The molecular formula is C18H21ClN7OS+. The zero-order valence-corrected chi connectivity index (χ0v) is 17.0. The van der Waals surface area contributed by atoms with Gasteiger partial charge in [0, 0.05) is 17.4 Å². The number of aromatic amines is 1. The summed E-state index contributed by atoms with van der Waals surface area (Å²) in [7, 11) is 1.62. The lowest BCUT2D eigenvalue weighted by molar-refractivity contribution is -0.924. The van der Waals surface area contributed by atoms with Crippen molar-refractivity contribution in [3.05, 3.63) is 46.5 Å². The van der Waals surface area contributed by atoms with Crippen molar-refractivity contribution in [2.24, 2.45) is 0 Å². The lowest BCUT2D eigenvalue weighted by Gasteiger charge is -2.31. The molecule has 10 heteroatoms. The van der Waals surface area contributed by atoms with Crippen molar-refractivity contribution in [2.75, 3.05) is 38.2 Å². The normalized spacial score (nSPS) is 15.0. The molecule has 0 amide bonds.